The van der Waals surface area contributed by atoms with Gasteiger partial charge >= 0.3 is 0 Å². The van der Waals surface area contributed by atoms with E-state index >= 15 is 0 Å². The van der Waals surface area contributed by atoms with Crippen molar-refractivity contribution in [1.82, 2.24) is 0 Å². The fourth-order valence-electron chi connectivity index (χ4n) is 1.99. The van der Waals surface area contributed by atoms with Gasteiger partial charge in [0, 0.05) is 3.42 Å². The lowest BCUT2D eigenvalue weighted by atomic mass is 9.86. The van der Waals surface area contributed by atoms with Crippen LogP contribution in [0.1, 0.15) is 66.2 Å². The van der Waals surface area contributed by atoms with Gasteiger partial charge in [0.15, 0.2) is 0 Å². The average Bonchev–Trinajstić information content (AvgIpc) is 2.27. The van der Waals surface area contributed by atoms with E-state index in [1.165, 1.54) is 32.1 Å². The van der Waals surface area contributed by atoms with Crippen molar-refractivity contribution in [2.45, 2.75) is 69.6 Å². The Morgan fingerprint density at radius 1 is 1.35 bits per heavy atom. The fourth-order valence-corrected chi connectivity index (χ4v) is 2.52. The molecule has 1 unspecified atom stereocenters. The number of halogens is 1. The monoisotopic (exact) mass is 350 g/mol. The van der Waals surface area contributed by atoms with Crippen LogP contribution in [0.3, 0.4) is 0 Å². The van der Waals surface area contributed by atoms with Crippen molar-refractivity contribution >= 4 is 22.6 Å². The lowest BCUT2D eigenvalue weighted by molar-refractivity contribution is 0.386. The normalized spacial score (nSPS) is 14.8. The largest absolute Gasteiger partial charge is 0.205 e. The van der Waals surface area contributed by atoms with Crippen molar-refractivity contribution in [3.63, 3.8) is 0 Å². The average molecular weight is 350 g/mol. The summed E-state index contributed by atoms with van der Waals surface area (Å²) in [7, 11) is 0. The third kappa shape index (κ3) is 7.90. The van der Waals surface area contributed by atoms with Crippen molar-refractivity contribution in [3.05, 3.63) is 11.8 Å². The Balaban J connectivity index is 4.30. The molecule has 0 aliphatic rings. The fraction of sp³-hybridized carbons (Fsp3) is 0.857. The van der Waals surface area contributed by atoms with Crippen LogP contribution in [0.5, 0.6) is 0 Å². The summed E-state index contributed by atoms with van der Waals surface area (Å²) < 4.78 is 0.281. The number of alkyl halides is 1. The molecule has 0 aromatic rings. The minimum absolute atomic E-state index is 0.281. The van der Waals surface area contributed by atoms with Gasteiger partial charge in [-0.2, -0.15) is 5.11 Å². The lowest BCUT2D eigenvalue weighted by Crippen LogP contribution is -2.24. The highest BCUT2D eigenvalue weighted by Gasteiger charge is 2.26. The molecule has 0 aliphatic carbocycles. The van der Waals surface area contributed by atoms with Crippen LogP contribution in [0.15, 0.2) is 16.9 Å². The van der Waals surface area contributed by atoms with Gasteiger partial charge in [-0.15, -0.1) is 0 Å². The molecule has 0 saturated carbocycles. The maximum Gasteiger partial charge on any atom is 0.0584 e. The van der Waals surface area contributed by atoms with Crippen molar-refractivity contribution in [2.24, 2.45) is 11.0 Å². The summed E-state index contributed by atoms with van der Waals surface area (Å²) in [5, 5.41) is 3.61. The molecule has 0 rings (SSSR count). The van der Waals surface area contributed by atoms with Crippen molar-refractivity contribution in [3.8, 4) is 0 Å². The first-order valence-electron chi connectivity index (χ1n) is 6.67. The van der Waals surface area contributed by atoms with E-state index in [9.17, 15) is 0 Å². The van der Waals surface area contributed by atoms with Gasteiger partial charge in [-0.1, -0.05) is 75.1 Å². The minimum atomic E-state index is 0.281. The van der Waals surface area contributed by atoms with Gasteiger partial charge in [-0.25, -0.2) is 5.53 Å². The predicted molar refractivity (Wildman–Crippen MR) is 83.9 cm³/mol. The molecule has 17 heavy (non-hydrogen) atoms. The molecule has 0 aromatic heterocycles. The molecule has 3 heteroatoms. The Kier molecular flexibility index (Phi) is 9.10. The number of nitrogens with zero attached hydrogens (tertiary/aromatic N) is 1. The second kappa shape index (κ2) is 9.06. The summed E-state index contributed by atoms with van der Waals surface area (Å²) in [6, 6.07) is 0. The Morgan fingerprint density at radius 2 is 2.00 bits per heavy atom. The van der Waals surface area contributed by atoms with Crippen LogP contribution in [-0.4, -0.2) is 3.42 Å². The Morgan fingerprint density at radius 3 is 2.41 bits per heavy atom. The van der Waals surface area contributed by atoms with Crippen molar-refractivity contribution in [1.29, 1.82) is 5.53 Å². The van der Waals surface area contributed by atoms with E-state index < -0.39 is 0 Å². The molecule has 0 bridgehead atoms. The second-order valence-corrected chi connectivity index (χ2v) is 7.99. The number of unbranched alkanes of at least 4 members (excludes halogenated alkanes) is 3. The van der Waals surface area contributed by atoms with Crippen LogP contribution >= 0.6 is 22.6 Å². The van der Waals surface area contributed by atoms with Crippen LogP contribution in [0.2, 0.25) is 0 Å². The van der Waals surface area contributed by atoms with Crippen molar-refractivity contribution in [2.75, 3.05) is 0 Å². The van der Waals surface area contributed by atoms with E-state index in [2.05, 4.69) is 48.5 Å². The molecular formula is C14H27IN2. The maximum atomic E-state index is 7.16. The second-order valence-electron chi connectivity index (χ2n) is 5.21. The molecule has 1 N–H and O–H groups in total. The highest BCUT2D eigenvalue weighted by molar-refractivity contribution is 14.1. The van der Waals surface area contributed by atoms with E-state index in [0.29, 0.717) is 5.92 Å². The summed E-state index contributed by atoms with van der Waals surface area (Å²) >= 11 is 2.54. The van der Waals surface area contributed by atoms with E-state index in [1.807, 2.05) is 13.0 Å². The van der Waals surface area contributed by atoms with Gasteiger partial charge in [0.25, 0.3) is 0 Å². The molecule has 2 nitrogen and oxygen atoms in total. The summed E-state index contributed by atoms with van der Waals surface area (Å²) in [5.74, 6) is 0.625. The first-order valence-corrected chi connectivity index (χ1v) is 7.75. The zero-order chi connectivity index (χ0) is 13.3. The topological polar surface area (TPSA) is 36.2 Å². The van der Waals surface area contributed by atoms with E-state index in [-0.39, 0.29) is 3.42 Å². The maximum absolute atomic E-state index is 7.16. The SMILES string of the molecule is C/C=C(/CC(CCCCCC)C(C)(C)I)N=N. The molecule has 0 spiro atoms. The van der Waals surface area contributed by atoms with Gasteiger partial charge in [-0.3, -0.25) is 0 Å². The van der Waals surface area contributed by atoms with E-state index in [4.69, 9.17) is 5.53 Å². The summed E-state index contributed by atoms with van der Waals surface area (Å²) in [6.07, 6.45) is 9.44. The third-order valence-corrected chi connectivity index (χ3v) is 4.19. The van der Waals surface area contributed by atoms with Gasteiger partial charge in [0.1, 0.15) is 0 Å². The van der Waals surface area contributed by atoms with Crippen LogP contribution in [0, 0.1) is 11.4 Å². The molecule has 0 saturated heterocycles. The number of hydrogen-bond donors (Lipinski definition) is 1. The Hall–Kier alpha value is 0.0700. The highest BCUT2D eigenvalue weighted by atomic mass is 127. The molecule has 100 valence electrons. The molecule has 1 atom stereocenters. The van der Waals surface area contributed by atoms with Crippen LogP contribution in [0.25, 0.3) is 0 Å². The first kappa shape index (κ1) is 17.1. The number of rotatable bonds is 9. The zero-order valence-corrected chi connectivity index (χ0v) is 13.9. The molecule has 0 fully saturated rings. The zero-order valence-electron chi connectivity index (χ0n) is 11.7. The molecule has 0 radical (unpaired) electrons. The summed E-state index contributed by atoms with van der Waals surface area (Å²) in [4.78, 5) is 0. The van der Waals surface area contributed by atoms with Gasteiger partial charge in [0.05, 0.1) is 5.70 Å². The first-order chi connectivity index (χ1) is 7.95. The molecular weight excluding hydrogens is 323 g/mol. The molecule has 0 heterocycles. The smallest absolute Gasteiger partial charge is 0.0584 e. The standard InChI is InChI=1S/C14H27IN2/c1-5-7-8-9-10-12(14(3,4)15)11-13(6-2)17-16/h6,12,16H,5,7-11H2,1-4H3/b13-6-,17-16?. The Labute approximate surface area is 120 Å². The van der Waals surface area contributed by atoms with Crippen LogP contribution < -0.4 is 0 Å². The van der Waals surface area contributed by atoms with Gasteiger partial charge in [0.2, 0.25) is 0 Å². The molecule has 0 aromatic carbocycles. The lowest BCUT2D eigenvalue weighted by Gasteiger charge is -2.29. The Bertz CT molecular complexity index is 241. The van der Waals surface area contributed by atoms with E-state index in [1.54, 1.807) is 0 Å². The third-order valence-electron chi connectivity index (χ3n) is 3.31. The number of nitrogens with one attached hydrogen (secondary N) is 1. The summed E-state index contributed by atoms with van der Waals surface area (Å²) in [6.45, 7) is 8.79. The van der Waals surface area contributed by atoms with Crippen molar-refractivity contribution < 1.29 is 0 Å². The van der Waals surface area contributed by atoms with Crippen LogP contribution in [-0.2, 0) is 0 Å². The quantitative estimate of drug-likeness (QED) is 0.225. The van der Waals surface area contributed by atoms with Gasteiger partial charge in [-0.05, 0) is 25.7 Å². The number of hydrogen-bond acceptors (Lipinski definition) is 2. The molecule has 0 amide bonds. The minimum Gasteiger partial charge on any atom is -0.205 e. The van der Waals surface area contributed by atoms with Crippen LogP contribution in [0.4, 0.5) is 0 Å². The highest BCUT2D eigenvalue weighted by Crippen LogP contribution is 2.36. The van der Waals surface area contributed by atoms with Gasteiger partial charge < -0.3 is 0 Å². The molecule has 0 aliphatic heterocycles. The van der Waals surface area contributed by atoms with E-state index in [0.717, 1.165) is 12.1 Å². The summed E-state index contributed by atoms with van der Waals surface area (Å²) in [5.41, 5.74) is 8.08. The predicted octanol–water partition coefficient (Wildman–Crippen LogP) is 6.11. The number of allylic oxidation sites excluding steroid dienone is 2.